The second-order valence-corrected chi connectivity index (χ2v) is 6.16. The molecule has 0 atom stereocenters. The topological polar surface area (TPSA) is 48.3 Å². The largest absolute Gasteiger partial charge is 0.457 e. The molecule has 0 bridgehead atoms. The fourth-order valence-electron chi connectivity index (χ4n) is 3.04. The zero-order valence-electron chi connectivity index (χ0n) is 14.5. The highest BCUT2D eigenvalue weighted by atomic mass is 16.5. The predicted octanol–water partition coefficient (Wildman–Crippen LogP) is 4.69. The lowest BCUT2D eigenvalue weighted by molar-refractivity contribution is 0.0475. The number of carbonyl (C=O) groups is 2. The van der Waals surface area contributed by atoms with Crippen molar-refractivity contribution in [2.24, 2.45) is 0 Å². The fourth-order valence-corrected chi connectivity index (χ4v) is 3.04. The Labute approximate surface area is 156 Å². The van der Waals surface area contributed by atoms with Crippen LogP contribution in [0.2, 0.25) is 0 Å². The third kappa shape index (κ3) is 3.37. The van der Waals surface area contributed by atoms with Crippen molar-refractivity contribution in [3.8, 4) is 0 Å². The van der Waals surface area contributed by atoms with Crippen LogP contribution in [0.15, 0.2) is 91.1 Å². The maximum atomic E-state index is 12.8. The zero-order chi connectivity index (χ0) is 18.6. The lowest BCUT2D eigenvalue weighted by Gasteiger charge is -2.07. The van der Waals surface area contributed by atoms with Crippen molar-refractivity contribution in [1.29, 1.82) is 0 Å². The summed E-state index contributed by atoms with van der Waals surface area (Å²) in [5, 5.41) is 0.694. The molecule has 0 N–H and O–H groups in total. The van der Waals surface area contributed by atoms with E-state index in [2.05, 4.69) is 0 Å². The van der Waals surface area contributed by atoms with Crippen LogP contribution in [0.1, 0.15) is 26.3 Å². The summed E-state index contributed by atoms with van der Waals surface area (Å²) in [5.41, 5.74) is 2.64. The number of aromatic nitrogens is 1. The molecule has 0 radical (unpaired) electrons. The van der Waals surface area contributed by atoms with Crippen LogP contribution in [-0.4, -0.2) is 16.4 Å². The zero-order valence-corrected chi connectivity index (χ0v) is 14.5. The van der Waals surface area contributed by atoms with Crippen LogP contribution in [0.25, 0.3) is 10.9 Å². The summed E-state index contributed by atoms with van der Waals surface area (Å²) >= 11 is 0. The molecule has 0 amide bonds. The smallest absolute Gasteiger partial charge is 0.339 e. The molecule has 0 saturated heterocycles. The number of hydrogen-bond donors (Lipinski definition) is 0. The second kappa shape index (κ2) is 7.30. The van der Waals surface area contributed by atoms with Crippen molar-refractivity contribution in [3.05, 3.63) is 108 Å². The SMILES string of the molecule is O=C(OCc1ccccc1)c1cccc2c1ccn2C(=O)c1ccccc1. The van der Waals surface area contributed by atoms with Crippen molar-refractivity contribution in [2.75, 3.05) is 0 Å². The molecular formula is C23H17NO3. The number of benzene rings is 3. The third-order valence-corrected chi connectivity index (χ3v) is 4.41. The highest BCUT2D eigenvalue weighted by Gasteiger charge is 2.17. The molecule has 0 aliphatic heterocycles. The Bertz CT molecular complexity index is 1100. The molecule has 1 aromatic heterocycles. The van der Waals surface area contributed by atoms with E-state index in [0.717, 1.165) is 5.56 Å². The monoisotopic (exact) mass is 355 g/mol. The van der Waals surface area contributed by atoms with Crippen molar-refractivity contribution in [1.82, 2.24) is 4.57 Å². The Morgan fingerprint density at radius 1 is 0.778 bits per heavy atom. The fraction of sp³-hybridized carbons (Fsp3) is 0.0435. The quantitative estimate of drug-likeness (QED) is 0.499. The average Bonchev–Trinajstić information content (AvgIpc) is 3.17. The molecule has 4 rings (SSSR count). The third-order valence-electron chi connectivity index (χ3n) is 4.41. The van der Waals surface area contributed by atoms with Crippen LogP contribution in [0.4, 0.5) is 0 Å². The maximum Gasteiger partial charge on any atom is 0.339 e. The normalized spacial score (nSPS) is 10.7. The lowest BCUT2D eigenvalue weighted by Crippen LogP contribution is -2.11. The molecule has 1 heterocycles. The molecule has 0 aliphatic rings. The van der Waals surface area contributed by atoms with E-state index in [1.54, 1.807) is 41.1 Å². The van der Waals surface area contributed by atoms with Gasteiger partial charge in [0.05, 0.1) is 11.1 Å². The van der Waals surface area contributed by atoms with Gasteiger partial charge in [0.1, 0.15) is 6.61 Å². The second-order valence-electron chi connectivity index (χ2n) is 6.16. The van der Waals surface area contributed by atoms with E-state index >= 15 is 0 Å². The molecule has 0 unspecified atom stereocenters. The van der Waals surface area contributed by atoms with E-state index < -0.39 is 5.97 Å². The van der Waals surface area contributed by atoms with Crippen LogP contribution < -0.4 is 0 Å². The average molecular weight is 355 g/mol. The van der Waals surface area contributed by atoms with E-state index in [4.69, 9.17) is 4.74 Å². The molecule has 4 heteroatoms. The summed E-state index contributed by atoms with van der Waals surface area (Å²) in [4.78, 5) is 25.3. The molecule has 4 nitrogen and oxygen atoms in total. The Balaban J connectivity index is 1.62. The molecule has 132 valence electrons. The van der Waals surface area contributed by atoms with Crippen molar-refractivity contribution in [2.45, 2.75) is 6.61 Å². The van der Waals surface area contributed by atoms with Gasteiger partial charge in [0, 0.05) is 17.1 Å². The Kier molecular flexibility index (Phi) is 4.54. The van der Waals surface area contributed by atoms with Gasteiger partial charge >= 0.3 is 5.97 Å². The predicted molar refractivity (Wildman–Crippen MR) is 104 cm³/mol. The van der Waals surface area contributed by atoms with Gasteiger partial charge in [0.15, 0.2) is 0 Å². The molecule has 0 aliphatic carbocycles. The van der Waals surface area contributed by atoms with Gasteiger partial charge in [-0.25, -0.2) is 4.79 Å². The van der Waals surface area contributed by atoms with Crippen molar-refractivity contribution < 1.29 is 14.3 Å². The Hall–Kier alpha value is -3.66. The number of hydrogen-bond acceptors (Lipinski definition) is 3. The maximum absolute atomic E-state index is 12.8. The first-order valence-corrected chi connectivity index (χ1v) is 8.65. The minimum atomic E-state index is -0.408. The number of fused-ring (bicyclic) bond motifs is 1. The van der Waals surface area contributed by atoms with Crippen LogP contribution in [-0.2, 0) is 11.3 Å². The molecule has 0 spiro atoms. The van der Waals surface area contributed by atoms with Gasteiger partial charge in [0.2, 0.25) is 0 Å². The van der Waals surface area contributed by atoms with Crippen LogP contribution in [0.3, 0.4) is 0 Å². The molecular weight excluding hydrogens is 338 g/mol. The van der Waals surface area contributed by atoms with Gasteiger partial charge in [-0.1, -0.05) is 54.6 Å². The highest BCUT2D eigenvalue weighted by Crippen LogP contribution is 2.22. The Morgan fingerprint density at radius 3 is 2.22 bits per heavy atom. The Morgan fingerprint density at radius 2 is 1.48 bits per heavy atom. The summed E-state index contributed by atoms with van der Waals surface area (Å²) in [6, 6.07) is 25.7. The van der Waals surface area contributed by atoms with Crippen molar-refractivity contribution >= 4 is 22.8 Å². The molecule has 27 heavy (non-hydrogen) atoms. The number of esters is 1. The van der Waals surface area contributed by atoms with E-state index in [9.17, 15) is 9.59 Å². The standard InChI is InChI=1S/C23H17NO3/c25-22(18-10-5-2-6-11-18)24-15-14-19-20(12-7-13-21(19)24)23(26)27-16-17-8-3-1-4-9-17/h1-15H,16H2. The van der Waals surface area contributed by atoms with Gasteiger partial charge in [-0.2, -0.15) is 0 Å². The molecule has 4 aromatic rings. The minimum absolute atomic E-state index is 0.139. The first-order chi connectivity index (χ1) is 13.2. The minimum Gasteiger partial charge on any atom is -0.457 e. The lowest BCUT2D eigenvalue weighted by atomic mass is 10.1. The molecule has 0 saturated carbocycles. The van der Waals surface area contributed by atoms with Crippen LogP contribution >= 0.6 is 0 Å². The number of rotatable bonds is 4. The van der Waals surface area contributed by atoms with Crippen LogP contribution in [0, 0.1) is 0 Å². The summed E-state index contributed by atoms with van der Waals surface area (Å²) in [5.74, 6) is -0.547. The van der Waals surface area contributed by atoms with Gasteiger partial charge in [-0.05, 0) is 35.9 Å². The van der Waals surface area contributed by atoms with E-state index in [1.807, 2.05) is 54.6 Å². The van der Waals surface area contributed by atoms with Gasteiger partial charge in [-0.3, -0.25) is 9.36 Å². The van der Waals surface area contributed by atoms with E-state index in [-0.39, 0.29) is 12.5 Å². The van der Waals surface area contributed by atoms with E-state index in [0.29, 0.717) is 22.0 Å². The number of nitrogens with zero attached hydrogens (tertiary/aromatic N) is 1. The van der Waals surface area contributed by atoms with Gasteiger partial charge in [0.25, 0.3) is 5.91 Å². The van der Waals surface area contributed by atoms with Crippen LogP contribution in [0.5, 0.6) is 0 Å². The van der Waals surface area contributed by atoms with Crippen molar-refractivity contribution in [3.63, 3.8) is 0 Å². The molecule has 3 aromatic carbocycles. The summed E-state index contributed by atoms with van der Waals surface area (Å²) in [6.07, 6.45) is 1.69. The first kappa shape index (κ1) is 16.8. The summed E-state index contributed by atoms with van der Waals surface area (Å²) in [7, 11) is 0. The highest BCUT2D eigenvalue weighted by molar-refractivity contribution is 6.08. The number of ether oxygens (including phenoxy) is 1. The van der Waals surface area contributed by atoms with Gasteiger partial charge in [-0.15, -0.1) is 0 Å². The molecule has 0 fully saturated rings. The summed E-state index contributed by atoms with van der Waals surface area (Å²) < 4.78 is 7.00. The van der Waals surface area contributed by atoms with Gasteiger partial charge < -0.3 is 4.74 Å². The first-order valence-electron chi connectivity index (χ1n) is 8.65. The summed E-state index contributed by atoms with van der Waals surface area (Å²) in [6.45, 7) is 0.208. The number of carbonyl (C=O) groups excluding carboxylic acids is 2. The van der Waals surface area contributed by atoms with E-state index in [1.165, 1.54) is 0 Å².